The first kappa shape index (κ1) is 12.8. The minimum atomic E-state index is -3.57. The van der Waals surface area contributed by atoms with Crippen LogP contribution in [0.1, 0.15) is 32.1 Å². The highest BCUT2D eigenvalue weighted by atomic mass is 32.2. The van der Waals surface area contributed by atoms with E-state index in [0.29, 0.717) is 26.1 Å². The second kappa shape index (κ2) is 4.91. The summed E-state index contributed by atoms with van der Waals surface area (Å²) in [6.45, 7) is 1.37. The number of carbonyl (C=O) groups is 1. The predicted molar refractivity (Wildman–Crippen MR) is 61.7 cm³/mol. The zero-order valence-corrected chi connectivity index (χ0v) is 10.5. The SMILES string of the molecule is O=C(O)[C@@H]1CCCCN1S(=O)(=O)N1CCCC1. The maximum absolute atomic E-state index is 12.3. The summed E-state index contributed by atoms with van der Waals surface area (Å²) in [5.74, 6) is -1.03. The molecular weight excluding hydrogens is 244 g/mol. The summed E-state index contributed by atoms with van der Waals surface area (Å²) >= 11 is 0. The van der Waals surface area contributed by atoms with E-state index in [4.69, 9.17) is 5.11 Å². The lowest BCUT2D eigenvalue weighted by Crippen LogP contribution is -2.52. The standard InChI is InChI=1S/C10H18N2O4S/c13-10(14)9-5-1-2-8-12(9)17(15,16)11-6-3-4-7-11/h9H,1-8H2,(H,13,14)/t9-/m0/s1. The molecule has 6 nitrogen and oxygen atoms in total. The van der Waals surface area contributed by atoms with Crippen molar-refractivity contribution in [1.29, 1.82) is 0 Å². The Morgan fingerprint density at radius 2 is 1.65 bits per heavy atom. The highest BCUT2D eigenvalue weighted by Gasteiger charge is 2.40. The molecule has 1 N–H and O–H groups in total. The van der Waals surface area contributed by atoms with E-state index in [0.717, 1.165) is 25.7 Å². The second-order valence-corrected chi connectivity index (χ2v) is 6.46. The highest BCUT2D eigenvalue weighted by Crippen LogP contribution is 2.25. The molecule has 0 amide bonds. The minimum absolute atomic E-state index is 0.329. The molecule has 0 radical (unpaired) electrons. The molecule has 0 spiro atoms. The van der Waals surface area contributed by atoms with Gasteiger partial charge in [0, 0.05) is 19.6 Å². The van der Waals surface area contributed by atoms with Crippen molar-refractivity contribution in [1.82, 2.24) is 8.61 Å². The summed E-state index contributed by atoms with van der Waals surface area (Å²) in [7, 11) is -3.57. The van der Waals surface area contributed by atoms with E-state index in [-0.39, 0.29) is 0 Å². The molecule has 2 saturated heterocycles. The lowest BCUT2D eigenvalue weighted by atomic mass is 10.1. The van der Waals surface area contributed by atoms with E-state index in [2.05, 4.69) is 0 Å². The van der Waals surface area contributed by atoms with Crippen molar-refractivity contribution >= 4 is 16.2 Å². The van der Waals surface area contributed by atoms with Gasteiger partial charge in [-0.3, -0.25) is 4.79 Å². The van der Waals surface area contributed by atoms with Crippen LogP contribution in [0, 0.1) is 0 Å². The second-order valence-electron chi connectivity index (χ2n) is 4.57. The van der Waals surface area contributed by atoms with E-state index in [9.17, 15) is 13.2 Å². The Morgan fingerprint density at radius 3 is 2.24 bits per heavy atom. The van der Waals surface area contributed by atoms with Gasteiger partial charge in [0.05, 0.1) is 0 Å². The molecule has 2 aliphatic rings. The molecule has 0 aliphatic carbocycles. The van der Waals surface area contributed by atoms with Crippen LogP contribution in [0.4, 0.5) is 0 Å². The topological polar surface area (TPSA) is 77.9 Å². The van der Waals surface area contributed by atoms with Gasteiger partial charge in [0.1, 0.15) is 6.04 Å². The van der Waals surface area contributed by atoms with E-state index < -0.39 is 22.2 Å². The Bertz CT molecular complexity index is 389. The van der Waals surface area contributed by atoms with Gasteiger partial charge < -0.3 is 5.11 Å². The molecule has 0 aromatic heterocycles. The smallest absolute Gasteiger partial charge is 0.322 e. The quantitative estimate of drug-likeness (QED) is 0.791. The van der Waals surface area contributed by atoms with Crippen molar-refractivity contribution in [3.63, 3.8) is 0 Å². The van der Waals surface area contributed by atoms with Crippen LogP contribution < -0.4 is 0 Å². The van der Waals surface area contributed by atoms with E-state index >= 15 is 0 Å². The summed E-state index contributed by atoms with van der Waals surface area (Å²) in [6.07, 6.45) is 3.68. The van der Waals surface area contributed by atoms with Gasteiger partial charge in [-0.15, -0.1) is 0 Å². The van der Waals surface area contributed by atoms with E-state index in [1.165, 1.54) is 8.61 Å². The Kier molecular flexibility index (Phi) is 3.70. The molecule has 2 fully saturated rings. The van der Waals surface area contributed by atoms with Gasteiger partial charge in [-0.05, 0) is 32.1 Å². The van der Waals surface area contributed by atoms with Gasteiger partial charge in [-0.2, -0.15) is 17.0 Å². The van der Waals surface area contributed by atoms with Crippen LogP contribution in [0.2, 0.25) is 0 Å². The molecule has 0 aromatic carbocycles. The van der Waals surface area contributed by atoms with Gasteiger partial charge in [-0.1, -0.05) is 0 Å². The maximum atomic E-state index is 12.3. The average molecular weight is 262 g/mol. The van der Waals surface area contributed by atoms with Crippen LogP contribution in [0.25, 0.3) is 0 Å². The molecule has 2 aliphatic heterocycles. The number of carboxylic acids is 1. The summed E-state index contributed by atoms with van der Waals surface area (Å²) in [4.78, 5) is 11.1. The molecule has 0 bridgehead atoms. The van der Waals surface area contributed by atoms with Crippen LogP contribution in [-0.2, 0) is 15.0 Å². The molecule has 0 saturated carbocycles. The van der Waals surface area contributed by atoms with Crippen LogP contribution in [0.5, 0.6) is 0 Å². The fraction of sp³-hybridized carbons (Fsp3) is 0.900. The number of aliphatic carboxylic acids is 1. The van der Waals surface area contributed by atoms with Crippen molar-refractivity contribution in [2.75, 3.05) is 19.6 Å². The molecule has 0 unspecified atom stereocenters. The lowest BCUT2D eigenvalue weighted by molar-refractivity contribution is -0.142. The average Bonchev–Trinajstić information content (AvgIpc) is 2.83. The predicted octanol–water partition coefficient (Wildman–Crippen LogP) is 0.266. The Labute approximate surface area is 101 Å². The fourth-order valence-electron chi connectivity index (χ4n) is 2.50. The monoisotopic (exact) mass is 262 g/mol. The van der Waals surface area contributed by atoms with Gasteiger partial charge in [0.25, 0.3) is 10.2 Å². The Morgan fingerprint density at radius 1 is 1.06 bits per heavy atom. The van der Waals surface area contributed by atoms with Crippen LogP contribution in [0.3, 0.4) is 0 Å². The van der Waals surface area contributed by atoms with Crippen LogP contribution in [0.15, 0.2) is 0 Å². The van der Waals surface area contributed by atoms with Gasteiger partial charge in [-0.25, -0.2) is 0 Å². The van der Waals surface area contributed by atoms with Crippen molar-refractivity contribution in [2.45, 2.75) is 38.1 Å². The number of carboxylic acid groups (broad SMARTS) is 1. The minimum Gasteiger partial charge on any atom is -0.480 e. The zero-order valence-electron chi connectivity index (χ0n) is 9.71. The van der Waals surface area contributed by atoms with E-state index in [1.54, 1.807) is 0 Å². The largest absolute Gasteiger partial charge is 0.480 e. The Balaban J connectivity index is 2.20. The van der Waals surface area contributed by atoms with Crippen molar-refractivity contribution in [3.8, 4) is 0 Å². The summed E-state index contributed by atoms with van der Waals surface area (Å²) in [5, 5.41) is 9.09. The van der Waals surface area contributed by atoms with Crippen molar-refractivity contribution < 1.29 is 18.3 Å². The van der Waals surface area contributed by atoms with Gasteiger partial charge in [0.2, 0.25) is 0 Å². The molecule has 17 heavy (non-hydrogen) atoms. The number of hydrogen-bond acceptors (Lipinski definition) is 3. The first-order chi connectivity index (χ1) is 8.03. The van der Waals surface area contributed by atoms with Crippen LogP contribution >= 0.6 is 0 Å². The Hall–Kier alpha value is -0.660. The number of nitrogens with zero attached hydrogens (tertiary/aromatic N) is 2. The van der Waals surface area contributed by atoms with E-state index in [1.807, 2.05) is 0 Å². The first-order valence-electron chi connectivity index (χ1n) is 6.03. The number of rotatable bonds is 3. The summed E-state index contributed by atoms with van der Waals surface area (Å²) in [5.41, 5.74) is 0. The summed E-state index contributed by atoms with van der Waals surface area (Å²) in [6, 6.07) is -0.880. The third-order valence-electron chi connectivity index (χ3n) is 3.43. The molecule has 0 aromatic rings. The zero-order chi connectivity index (χ0) is 12.5. The molecular formula is C10H18N2O4S. The molecule has 1 atom stereocenters. The van der Waals surface area contributed by atoms with Crippen LogP contribution in [-0.4, -0.2) is 53.8 Å². The normalized spacial score (nSPS) is 28.4. The first-order valence-corrected chi connectivity index (χ1v) is 7.43. The number of hydrogen-bond donors (Lipinski definition) is 1. The molecule has 2 rings (SSSR count). The van der Waals surface area contributed by atoms with Gasteiger partial charge >= 0.3 is 5.97 Å². The van der Waals surface area contributed by atoms with Crippen molar-refractivity contribution in [3.05, 3.63) is 0 Å². The fourth-order valence-corrected chi connectivity index (χ4v) is 4.39. The van der Waals surface area contributed by atoms with Crippen molar-refractivity contribution in [2.24, 2.45) is 0 Å². The highest BCUT2D eigenvalue weighted by molar-refractivity contribution is 7.86. The maximum Gasteiger partial charge on any atom is 0.322 e. The third kappa shape index (κ3) is 2.46. The third-order valence-corrected chi connectivity index (χ3v) is 5.47. The lowest BCUT2D eigenvalue weighted by Gasteiger charge is -2.34. The molecule has 2 heterocycles. The summed E-state index contributed by atoms with van der Waals surface area (Å²) < 4.78 is 27.2. The van der Waals surface area contributed by atoms with Gasteiger partial charge in [0.15, 0.2) is 0 Å². The number of piperidine rings is 1. The molecule has 7 heteroatoms. The molecule has 98 valence electrons.